The normalized spacial score (nSPS) is 11.1. The molecule has 0 fully saturated rings. The Labute approximate surface area is 114 Å². The Bertz CT molecular complexity index is 428. The van der Waals surface area contributed by atoms with E-state index in [0.717, 1.165) is 24.8 Å². The monoisotopic (exact) mass is 260 g/mol. The predicted octanol–water partition coefficient (Wildman–Crippen LogP) is 4.09. The van der Waals surface area contributed by atoms with E-state index in [1.54, 1.807) is 6.92 Å². The first-order chi connectivity index (χ1) is 9.27. The van der Waals surface area contributed by atoms with E-state index >= 15 is 0 Å². The van der Waals surface area contributed by atoms with Gasteiger partial charge in [0.1, 0.15) is 0 Å². The van der Waals surface area contributed by atoms with Crippen LogP contribution in [0.5, 0.6) is 0 Å². The fourth-order valence-corrected chi connectivity index (χ4v) is 1.49. The Hall–Kier alpha value is -1.95. The Balaban J connectivity index is 2.72. The molecule has 0 aliphatic rings. The van der Waals surface area contributed by atoms with E-state index in [0.29, 0.717) is 6.61 Å². The van der Waals surface area contributed by atoms with Crippen molar-refractivity contribution in [2.24, 2.45) is 0 Å². The molecule has 0 saturated heterocycles. The maximum absolute atomic E-state index is 11.4. The minimum absolute atomic E-state index is 0.295. The fourth-order valence-electron chi connectivity index (χ4n) is 1.49. The molecule has 3 nitrogen and oxygen atoms in total. The van der Waals surface area contributed by atoms with Crippen molar-refractivity contribution in [1.82, 2.24) is 0 Å². The van der Waals surface area contributed by atoms with Gasteiger partial charge < -0.3 is 9.47 Å². The summed E-state index contributed by atoms with van der Waals surface area (Å²) >= 11 is 0. The van der Waals surface area contributed by atoms with Gasteiger partial charge in [0.05, 0.1) is 6.61 Å². The zero-order valence-electron chi connectivity index (χ0n) is 11.5. The van der Waals surface area contributed by atoms with Crippen LogP contribution in [0.2, 0.25) is 0 Å². The summed E-state index contributed by atoms with van der Waals surface area (Å²) in [6.07, 6.45) is 1.72. The Morgan fingerprint density at radius 3 is 2.63 bits per heavy atom. The molecule has 0 bridgehead atoms. The molecule has 0 spiro atoms. The number of hydrogen-bond donors (Lipinski definition) is 0. The highest BCUT2D eigenvalue weighted by Crippen LogP contribution is 2.17. The minimum atomic E-state index is -0.679. The molecule has 0 heterocycles. The smallest absolute Gasteiger partial charge is 0.435 e. The van der Waals surface area contributed by atoms with E-state index < -0.39 is 12.3 Å². The van der Waals surface area contributed by atoms with Crippen LogP contribution in [0.1, 0.15) is 44.8 Å². The Morgan fingerprint density at radius 2 is 2.00 bits per heavy atom. The number of rotatable bonds is 5. The van der Waals surface area contributed by atoms with Crippen molar-refractivity contribution in [3.63, 3.8) is 0 Å². The number of unbranched alkanes of at least 4 members (excludes halogenated alkanes) is 2. The van der Waals surface area contributed by atoms with Crippen molar-refractivity contribution < 1.29 is 14.3 Å². The summed E-state index contributed by atoms with van der Waals surface area (Å²) < 4.78 is 10.0. The first kappa shape index (κ1) is 15.1. The molecule has 0 aromatic heterocycles. The molecule has 0 aliphatic heterocycles. The van der Waals surface area contributed by atoms with Gasteiger partial charge in [0.25, 0.3) is 0 Å². The molecular formula is C16H20O3. The average molecular weight is 260 g/mol. The number of ether oxygens (including phenoxy) is 2. The molecule has 1 aromatic rings. The van der Waals surface area contributed by atoms with Gasteiger partial charge in [-0.2, -0.15) is 0 Å². The lowest BCUT2D eigenvalue weighted by Gasteiger charge is -2.12. The number of hydrogen-bond acceptors (Lipinski definition) is 3. The van der Waals surface area contributed by atoms with Gasteiger partial charge in [-0.15, -0.1) is 0 Å². The SMILES string of the molecule is CCCCC#CC(OC(=O)OCC)c1ccccc1. The maximum atomic E-state index is 11.4. The van der Waals surface area contributed by atoms with Crippen molar-refractivity contribution in [3.8, 4) is 11.8 Å². The summed E-state index contributed by atoms with van der Waals surface area (Å²) in [5.41, 5.74) is 0.861. The van der Waals surface area contributed by atoms with Gasteiger partial charge in [-0.1, -0.05) is 55.5 Å². The molecule has 1 rings (SSSR count). The molecule has 0 radical (unpaired) electrons. The van der Waals surface area contributed by atoms with E-state index in [1.165, 1.54) is 0 Å². The summed E-state index contributed by atoms with van der Waals surface area (Å²) in [4.78, 5) is 11.4. The largest absolute Gasteiger partial charge is 0.509 e. The zero-order chi connectivity index (χ0) is 13.9. The van der Waals surface area contributed by atoms with Crippen LogP contribution in [0, 0.1) is 11.8 Å². The van der Waals surface area contributed by atoms with Gasteiger partial charge in [0, 0.05) is 12.0 Å². The van der Waals surface area contributed by atoms with E-state index in [4.69, 9.17) is 9.47 Å². The molecule has 0 aliphatic carbocycles. The molecule has 0 amide bonds. The second-order valence-electron chi connectivity index (χ2n) is 4.02. The highest BCUT2D eigenvalue weighted by Gasteiger charge is 2.14. The lowest BCUT2D eigenvalue weighted by molar-refractivity contribution is 0.0426. The van der Waals surface area contributed by atoms with Crippen LogP contribution in [0.25, 0.3) is 0 Å². The van der Waals surface area contributed by atoms with Crippen molar-refractivity contribution in [2.45, 2.75) is 39.2 Å². The molecule has 3 heteroatoms. The van der Waals surface area contributed by atoms with Crippen LogP contribution in [0.15, 0.2) is 30.3 Å². The van der Waals surface area contributed by atoms with Crippen LogP contribution in [0.4, 0.5) is 4.79 Å². The van der Waals surface area contributed by atoms with E-state index in [-0.39, 0.29) is 0 Å². The third-order valence-corrected chi connectivity index (χ3v) is 2.47. The van der Waals surface area contributed by atoms with Crippen molar-refractivity contribution in [3.05, 3.63) is 35.9 Å². The van der Waals surface area contributed by atoms with Gasteiger partial charge in [-0.05, 0) is 13.3 Å². The number of carbonyl (C=O) groups excluding carboxylic acids is 1. The molecule has 102 valence electrons. The quantitative estimate of drug-likeness (QED) is 0.454. The van der Waals surface area contributed by atoms with Gasteiger partial charge in [0.15, 0.2) is 6.10 Å². The Kier molecular flexibility index (Phi) is 7.19. The highest BCUT2D eigenvalue weighted by atomic mass is 16.7. The van der Waals surface area contributed by atoms with Crippen molar-refractivity contribution in [1.29, 1.82) is 0 Å². The third kappa shape index (κ3) is 5.96. The number of carbonyl (C=O) groups is 1. The lowest BCUT2D eigenvalue weighted by atomic mass is 10.1. The highest BCUT2D eigenvalue weighted by molar-refractivity contribution is 5.60. The summed E-state index contributed by atoms with van der Waals surface area (Å²) in [6, 6.07) is 9.47. The first-order valence-electron chi connectivity index (χ1n) is 6.64. The van der Waals surface area contributed by atoms with E-state index in [9.17, 15) is 4.79 Å². The fraction of sp³-hybridized carbons (Fsp3) is 0.438. The topological polar surface area (TPSA) is 35.5 Å². The maximum Gasteiger partial charge on any atom is 0.509 e. The Morgan fingerprint density at radius 1 is 1.26 bits per heavy atom. The van der Waals surface area contributed by atoms with Crippen molar-refractivity contribution >= 4 is 6.16 Å². The zero-order valence-corrected chi connectivity index (χ0v) is 11.5. The van der Waals surface area contributed by atoms with Gasteiger partial charge in [0.2, 0.25) is 0 Å². The van der Waals surface area contributed by atoms with E-state index in [2.05, 4.69) is 18.8 Å². The van der Waals surface area contributed by atoms with Gasteiger partial charge >= 0.3 is 6.16 Å². The van der Waals surface area contributed by atoms with Crippen LogP contribution < -0.4 is 0 Å². The van der Waals surface area contributed by atoms with Gasteiger partial charge in [-0.3, -0.25) is 0 Å². The molecule has 1 atom stereocenters. The summed E-state index contributed by atoms with van der Waals surface area (Å²) in [5.74, 6) is 6.04. The van der Waals surface area contributed by atoms with Crippen LogP contribution in [-0.2, 0) is 9.47 Å². The second-order valence-corrected chi connectivity index (χ2v) is 4.02. The lowest BCUT2D eigenvalue weighted by Crippen LogP contribution is -2.11. The molecule has 0 saturated carbocycles. The predicted molar refractivity (Wildman–Crippen MR) is 74.6 cm³/mol. The summed E-state index contributed by atoms with van der Waals surface area (Å²) in [7, 11) is 0. The van der Waals surface area contributed by atoms with Crippen LogP contribution in [0.3, 0.4) is 0 Å². The van der Waals surface area contributed by atoms with E-state index in [1.807, 2.05) is 30.3 Å². The summed E-state index contributed by atoms with van der Waals surface area (Å²) in [6.45, 7) is 4.15. The van der Waals surface area contributed by atoms with Crippen LogP contribution in [-0.4, -0.2) is 12.8 Å². The minimum Gasteiger partial charge on any atom is -0.435 e. The van der Waals surface area contributed by atoms with Gasteiger partial charge in [-0.25, -0.2) is 4.79 Å². The first-order valence-corrected chi connectivity index (χ1v) is 6.64. The molecule has 0 N–H and O–H groups in total. The molecule has 1 aromatic carbocycles. The molecule has 1 unspecified atom stereocenters. The second kappa shape index (κ2) is 9.04. The average Bonchev–Trinajstić information content (AvgIpc) is 2.43. The summed E-state index contributed by atoms with van der Waals surface area (Å²) in [5, 5.41) is 0. The number of benzene rings is 1. The standard InChI is InChI=1S/C16H20O3/c1-3-5-6-10-13-15(19-16(17)18-4-2)14-11-8-7-9-12-14/h7-9,11-12,15H,3-6H2,1-2H3. The van der Waals surface area contributed by atoms with Crippen LogP contribution >= 0.6 is 0 Å². The molecular weight excluding hydrogens is 240 g/mol. The third-order valence-electron chi connectivity index (χ3n) is 2.47. The van der Waals surface area contributed by atoms with Crippen molar-refractivity contribution in [2.75, 3.05) is 6.61 Å². The molecule has 19 heavy (non-hydrogen) atoms.